The Morgan fingerprint density at radius 2 is 1.71 bits per heavy atom. The second-order valence-corrected chi connectivity index (χ2v) is 6.44. The predicted octanol–water partition coefficient (Wildman–Crippen LogP) is 4.27. The molecule has 21 heavy (non-hydrogen) atoms. The normalized spacial score (nSPS) is 13.0. The van der Waals surface area contributed by atoms with Gasteiger partial charge in [-0.05, 0) is 34.2 Å². The van der Waals surface area contributed by atoms with Crippen molar-refractivity contribution in [2.45, 2.75) is 38.7 Å². The van der Waals surface area contributed by atoms with Crippen molar-refractivity contribution in [3.63, 3.8) is 0 Å². The largest absolute Gasteiger partial charge is 0.497 e. The lowest BCUT2D eigenvalue weighted by Crippen LogP contribution is -2.11. The van der Waals surface area contributed by atoms with Gasteiger partial charge in [0.1, 0.15) is 5.75 Å². The molecule has 2 heteroatoms. The van der Waals surface area contributed by atoms with Crippen LogP contribution in [0, 0.1) is 0 Å². The summed E-state index contributed by atoms with van der Waals surface area (Å²) in [6.07, 6.45) is 0.0954. The molecule has 1 atom stereocenters. The molecule has 112 valence electrons. The van der Waals surface area contributed by atoms with Gasteiger partial charge in [-0.2, -0.15) is 0 Å². The molecule has 2 aromatic carbocycles. The monoisotopic (exact) mass is 284 g/mol. The molecule has 0 bridgehead atoms. The second-order valence-electron chi connectivity index (χ2n) is 6.44. The first kappa shape index (κ1) is 15.6. The van der Waals surface area contributed by atoms with E-state index in [0.29, 0.717) is 6.42 Å². The molecule has 2 aromatic rings. The Morgan fingerprint density at radius 1 is 1.05 bits per heavy atom. The molecule has 0 aromatic heterocycles. The Hall–Kier alpha value is -1.80. The van der Waals surface area contributed by atoms with Gasteiger partial charge in [-0.15, -0.1) is 0 Å². The number of aliphatic hydroxyl groups is 1. The molecule has 2 rings (SSSR count). The summed E-state index contributed by atoms with van der Waals surface area (Å²) in [4.78, 5) is 0. The van der Waals surface area contributed by atoms with E-state index >= 15 is 0 Å². The van der Waals surface area contributed by atoms with E-state index in [4.69, 9.17) is 4.74 Å². The van der Waals surface area contributed by atoms with E-state index in [-0.39, 0.29) is 5.41 Å². The summed E-state index contributed by atoms with van der Waals surface area (Å²) < 4.78 is 5.20. The molecule has 0 fully saturated rings. The van der Waals surface area contributed by atoms with Crippen molar-refractivity contribution in [3.05, 3.63) is 65.2 Å². The predicted molar refractivity (Wildman–Crippen MR) is 86.8 cm³/mol. The van der Waals surface area contributed by atoms with Crippen LogP contribution in [0.25, 0.3) is 0 Å². The highest BCUT2D eigenvalue weighted by molar-refractivity contribution is 5.32. The molecule has 2 nitrogen and oxygen atoms in total. The maximum atomic E-state index is 10.4. The minimum absolute atomic E-state index is 0.157. The van der Waals surface area contributed by atoms with Gasteiger partial charge >= 0.3 is 0 Å². The minimum atomic E-state index is -0.513. The van der Waals surface area contributed by atoms with Crippen LogP contribution in [0.5, 0.6) is 5.75 Å². The summed E-state index contributed by atoms with van der Waals surface area (Å²) in [5, 5.41) is 10.4. The quantitative estimate of drug-likeness (QED) is 0.908. The number of aliphatic hydroxyl groups excluding tert-OH is 1. The van der Waals surface area contributed by atoms with Crippen LogP contribution in [0.1, 0.15) is 43.6 Å². The van der Waals surface area contributed by atoms with Crippen LogP contribution in [-0.2, 0) is 11.8 Å². The lowest BCUT2D eigenvalue weighted by Gasteiger charge is -2.19. The van der Waals surface area contributed by atoms with E-state index in [1.54, 1.807) is 7.11 Å². The first-order chi connectivity index (χ1) is 9.90. The van der Waals surface area contributed by atoms with Crippen LogP contribution in [0.4, 0.5) is 0 Å². The standard InChI is InChI=1S/C19H24O2/c1-19(2,3)16-10-8-14(9-11-16)12-18(20)15-6-5-7-17(13-15)21-4/h5-11,13,18,20H,12H2,1-4H3. The zero-order valence-electron chi connectivity index (χ0n) is 13.3. The number of benzene rings is 2. The maximum Gasteiger partial charge on any atom is 0.119 e. The van der Waals surface area contributed by atoms with Gasteiger partial charge in [0.25, 0.3) is 0 Å². The van der Waals surface area contributed by atoms with Crippen LogP contribution in [0.15, 0.2) is 48.5 Å². The van der Waals surface area contributed by atoms with Gasteiger partial charge in [0, 0.05) is 6.42 Å². The zero-order valence-corrected chi connectivity index (χ0v) is 13.3. The smallest absolute Gasteiger partial charge is 0.119 e. The fourth-order valence-electron chi connectivity index (χ4n) is 2.33. The fourth-order valence-corrected chi connectivity index (χ4v) is 2.33. The van der Waals surface area contributed by atoms with Crippen LogP contribution >= 0.6 is 0 Å². The molecule has 0 saturated carbocycles. The summed E-state index contributed by atoms with van der Waals surface area (Å²) in [5.74, 6) is 0.773. The van der Waals surface area contributed by atoms with Crippen LogP contribution < -0.4 is 4.74 Å². The van der Waals surface area contributed by atoms with Gasteiger partial charge in [0.05, 0.1) is 13.2 Å². The van der Waals surface area contributed by atoms with E-state index in [9.17, 15) is 5.11 Å². The Balaban J connectivity index is 2.10. The van der Waals surface area contributed by atoms with Crippen molar-refractivity contribution >= 4 is 0 Å². The molecule has 0 saturated heterocycles. The van der Waals surface area contributed by atoms with E-state index in [1.807, 2.05) is 24.3 Å². The van der Waals surface area contributed by atoms with Gasteiger partial charge in [-0.25, -0.2) is 0 Å². The second kappa shape index (κ2) is 6.31. The summed E-state index contributed by atoms with van der Waals surface area (Å²) >= 11 is 0. The number of hydrogen-bond donors (Lipinski definition) is 1. The molecule has 1 N–H and O–H groups in total. The number of ether oxygens (including phenoxy) is 1. The van der Waals surface area contributed by atoms with Crippen molar-refractivity contribution < 1.29 is 9.84 Å². The van der Waals surface area contributed by atoms with Crippen LogP contribution in [0.3, 0.4) is 0 Å². The van der Waals surface area contributed by atoms with E-state index in [1.165, 1.54) is 5.56 Å². The topological polar surface area (TPSA) is 29.5 Å². The van der Waals surface area contributed by atoms with Crippen LogP contribution in [-0.4, -0.2) is 12.2 Å². The SMILES string of the molecule is COc1cccc(C(O)Cc2ccc(C(C)(C)C)cc2)c1. The van der Waals surface area contributed by atoms with Gasteiger partial charge in [0.2, 0.25) is 0 Å². The fraction of sp³-hybridized carbons (Fsp3) is 0.368. The van der Waals surface area contributed by atoms with E-state index in [0.717, 1.165) is 16.9 Å². The zero-order chi connectivity index (χ0) is 15.5. The molecular formula is C19H24O2. The summed E-state index contributed by atoms with van der Waals surface area (Å²) in [6, 6.07) is 16.1. The molecule has 1 unspecified atom stereocenters. The van der Waals surface area contributed by atoms with Crippen molar-refractivity contribution in [2.24, 2.45) is 0 Å². The van der Waals surface area contributed by atoms with Gasteiger partial charge in [-0.1, -0.05) is 57.2 Å². The molecule has 0 radical (unpaired) electrons. The summed E-state index contributed by atoms with van der Waals surface area (Å²) in [5.41, 5.74) is 3.49. The summed E-state index contributed by atoms with van der Waals surface area (Å²) in [6.45, 7) is 6.60. The van der Waals surface area contributed by atoms with Crippen molar-refractivity contribution in [1.29, 1.82) is 0 Å². The third kappa shape index (κ3) is 4.08. The van der Waals surface area contributed by atoms with Gasteiger partial charge in [0.15, 0.2) is 0 Å². The first-order valence-electron chi connectivity index (χ1n) is 7.31. The van der Waals surface area contributed by atoms with E-state index in [2.05, 4.69) is 45.0 Å². The molecule has 0 aliphatic carbocycles. The number of hydrogen-bond acceptors (Lipinski definition) is 2. The number of rotatable bonds is 4. The number of methoxy groups -OCH3 is 1. The lowest BCUT2D eigenvalue weighted by molar-refractivity contribution is 0.178. The molecular weight excluding hydrogens is 260 g/mol. The Bertz CT molecular complexity index is 579. The highest BCUT2D eigenvalue weighted by Crippen LogP contribution is 2.25. The first-order valence-corrected chi connectivity index (χ1v) is 7.31. The average Bonchev–Trinajstić information content (AvgIpc) is 2.47. The Morgan fingerprint density at radius 3 is 2.29 bits per heavy atom. The molecule has 0 aliphatic heterocycles. The maximum absolute atomic E-state index is 10.4. The molecule has 0 heterocycles. The molecule has 0 aliphatic rings. The van der Waals surface area contributed by atoms with Gasteiger partial charge < -0.3 is 9.84 Å². The minimum Gasteiger partial charge on any atom is -0.497 e. The third-order valence-electron chi connectivity index (χ3n) is 3.73. The highest BCUT2D eigenvalue weighted by atomic mass is 16.5. The van der Waals surface area contributed by atoms with Gasteiger partial charge in [-0.3, -0.25) is 0 Å². The van der Waals surface area contributed by atoms with Crippen molar-refractivity contribution in [1.82, 2.24) is 0 Å². The Kier molecular flexibility index (Phi) is 4.69. The van der Waals surface area contributed by atoms with E-state index < -0.39 is 6.10 Å². The average molecular weight is 284 g/mol. The van der Waals surface area contributed by atoms with Crippen molar-refractivity contribution in [3.8, 4) is 5.75 Å². The molecule has 0 amide bonds. The lowest BCUT2D eigenvalue weighted by atomic mass is 9.86. The van der Waals surface area contributed by atoms with Crippen LogP contribution in [0.2, 0.25) is 0 Å². The Labute approximate surface area is 127 Å². The third-order valence-corrected chi connectivity index (χ3v) is 3.73. The highest BCUT2D eigenvalue weighted by Gasteiger charge is 2.14. The van der Waals surface area contributed by atoms with Crippen molar-refractivity contribution in [2.75, 3.05) is 7.11 Å². The molecule has 0 spiro atoms. The summed E-state index contributed by atoms with van der Waals surface area (Å²) in [7, 11) is 1.64.